The monoisotopic (exact) mass is 318 g/mol. The molecule has 0 amide bonds. The summed E-state index contributed by atoms with van der Waals surface area (Å²) in [5, 5.41) is 22.6. The van der Waals surface area contributed by atoms with Gasteiger partial charge in [0.2, 0.25) is 0 Å². The smallest absolute Gasteiger partial charge is 0.336 e. The first kappa shape index (κ1) is 11.8. The summed E-state index contributed by atoms with van der Waals surface area (Å²) in [6, 6.07) is 3.34. The van der Waals surface area contributed by atoms with Crippen molar-refractivity contribution in [1.29, 1.82) is 0 Å². The third kappa shape index (κ3) is 2.06. The second kappa shape index (κ2) is 4.67. The lowest BCUT2D eigenvalue weighted by Gasteiger charge is -2.08. The summed E-state index contributed by atoms with van der Waals surface area (Å²) in [7, 11) is 0. The SMILES string of the molecule is O=C(O)c1ccsc1C(O)c1sccc1Br. The van der Waals surface area contributed by atoms with Crippen molar-refractivity contribution in [2.75, 3.05) is 0 Å². The topological polar surface area (TPSA) is 57.5 Å². The minimum Gasteiger partial charge on any atom is -0.478 e. The Morgan fingerprint density at radius 2 is 1.88 bits per heavy atom. The average Bonchev–Trinajstić information content (AvgIpc) is 2.84. The predicted molar refractivity (Wildman–Crippen MR) is 67.4 cm³/mol. The summed E-state index contributed by atoms with van der Waals surface area (Å²) in [4.78, 5) is 12.1. The average molecular weight is 319 g/mol. The number of hydrogen-bond donors (Lipinski definition) is 2. The lowest BCUT2D eigenvalue weighted by molar-refractivity contribution is 0.0692. The highest BCUT2D eigenvalue weighted by molar-refractivity contribution is 9.10. The van der Waals surface area contributed by atoms with E-state index in [1.165, 1.54) is 28.7 Å². The zero-order valence-corrected chi connectivity index (χ0v) is 11.1. The molecule has 16 heavy (non-hydrogen) atoms. The van der Waals surface area contributed by atoms with E-state index in [4.69, 9.17) is 5.11 Å². The van der Waals surface area contributed by atoms with Gasteiger partial charge in [-0.05, 0) is 38.8 Å². The fraction of sp³-hybridized carbons (Fsp3) is 0.100. The zero-order chi connectivity index (χ0) is 11.7. The van der Waals surface area contributed by atoms with Gasteiger partial charge in [-0.25, -0.2) is 4.79 Å². The first-order valence-corrected chi connectivity index (χ1v) is 6.88. The lowest BCUT2D eigenvalue weighted by Crippen LogP contribution is -2.03. The van der Waals surface area contributed by atoms with Crippen LogP contribution in [0.25, 0.3) is 0 Å². The van der Waals surface area contributed by atoms with Gasteiger partial charge in [-0.1, -0.05) is 0 Å². The number of rotatable bonds is 3. The summed E-state index contributed by atoms with van der Waals surface area (Å²) in [6.45, 7) is 0. The van der Waals surface area contributed by atoms with Crippen LogP contribution in [0.15, 0.2) is 27.4 Å². The van der Waals surface area contributed by atoms with Crippen molar-refractivity contribution in [2.24, 2.45) is 0 Å². The van der Waals surface area contributed by atoms with E-state index in [1.807, 2.05) is 11.4 Å². The van der Waals surface area contributed by atoms with Gasteiger partial charge in [-0.2, -0.15) is 0 Å². The Labute approximate surface area is 108 Å². The molecule has 0 saturated heterocycles. The number of aliphatic hydroxyl groups is 1. The van der Waals surface area contributed by atoms with Crippen LogP contribution in [0.4, 0.5) is 0 Å². The molecule has 0 spiro atoms. The van der Waals surface area contributed by atoms with Crippen molar-refractivity contribution in [3.05, 3.63) is 42.7 Å². The van der Waals surface area contributed by atoms with Crippen LogP contribution in [0.5, 0.6) is 0 Å². The van der Waals surface area contributed by atoms with E-state index in [0.29, 0.717) is 4.88 Å². The van der Waals surface area contributed by atoms with Gasteiger partial charge < -0.3 is 10.2 Å². The highest BCUT2D eigenvalue weighted by Crippen LogP contribution is 2.36. The Balaban J connectivity index is 2.42. The number of thiophene rings is 2. The van der Waals surface area contributed by atoms with E-state index in [-0.39, 0.29) is 5.56 Å². The second-order valence-electron chi connectivity index (χ2n) is 3.04. The molecule has 2 heterocycles. The maximum Gasteiger partial charge on any atom is 0.336 e. The zero-order valence-electron chi connectivity index (χ0n) is 7.88. The highest BCUT2D eigenvalue weighted by Gasteiger charge is 2.22. The number of halogens is 1. The lowest BCUT2D eigenvalue weighted by atomic mass is 10.1. The highest BCUT2D eigenvalue weighted by atomic mass is 79.9. The molecule has 3 nitrogen and oxygen atoms in total. The van der Waals surface area contributed by atoms with Crippen LogP contribution in [-0.4, -0.2) is 16.2 Å². The van der Waals surface area contributed by atoms with Crippen LogP contribution < -0.4 is 0 Å². The molecular weight excluding hydrogens is 312 g/mol. The summed E-state index contributed by atoms with van der Waals surface area (Å²) >= 11 is 5.96. The van der Waals surface area contributed by atoms with E-state index in [0.717, 1.165) is 9.35 Å². The first-order valence-electron chi connectivity index (χ1n) is 4.33. The number of hydrogen-bond acceptors (Lipinski definition) is 4. The minimum absolute atomic E-state index is 0.165. The van der Waals surface area contributed by atoms with Gasteiger partial charge in [0.15, 0.2) is 0 Å². The van der Waals surface area contributed by atoms with Gasteiger partial charge in [0.05, 0.1) is 15.3 Å². The Morgan fingerprint density at radius 1 is 1.25 bits per heavy atom. The van der Waals surface area contributed by atoms with Crippen LogP contribution >= 0.6 is 38.6 Å². The van der Waals surface area contributed by atoms with Gasteiger partial charge in [-0.3, -0.25) is 0 Å². The van der Waals surface area contributed by atoms with Crippen molar-refractivity contribution in [2.45, 2.75) is 6.10 Å². The summed E-state index contributed by atoms with van der Waals surface area (Å²) < 4.78 is 0.801. The predicted octanol–water partition coefficient (Wildman–Crippen LogP) is 3.35. The maximum absolute atomic E-state index is 10.9. The van der Waals surface area contributed by atoms with E-state index in [2.05, 4.69) is 15.9 Å². The van der Waals surface area contributed by atoms with Crippen molar-refractivity contribution in [1.82, 2.24) is 0 Å². The largest absolute Gasteiger partial charge is 0.478 e. The molecule has 2 aromatic heterocycles. The van der Waals surface area contributed by atoms with E-state index < -0.39 is 12.1 Å². The molecule has 1 unspecified atom stereocenters. The van der Waals surface area contributed by atoms with Crippen molar-refractivity contribution >= 4 is 44.6 Å². The van der Waals surface area contributed by atoms with Gasteiger partial charge in [0, 0.05) is 4.47 Å². The molecule has 2 N–H and O–H groups in total. The third-order valence-corrected chi connectivity index (χ3v) is 4.96. The number of carboxylic acids is 1. The van der Waals surface area contributed by atoms with E-state index in [1.54, 1.807) is 5.38 Å². The standard InChI is InChI=1S/C10H7BrO3S2/c11-6-2-4-16-9(6)7(12)8-5(10(13)14)1-3-15-8/h1-4,7,12H,(H,13,14). The molecule has 84 valence electrons. The number of aromatic carboxylic acids is 1. The Morgan fingerprint density at radius 3 is 2.44 bits per heavy atom. The molecule has 0 radical (unpaired) electrons. The molecule has 0 fully saturated rings. The number of carbonyl (C=O) groups is 1. The third-order valence-electron chi connectivity index (χ3n) is 2.07. The minimum atomic E-state index is -1.01. The molecule has 0 aromatic carbocycles. The van der Waals surface area contributed by atoms with Crippen molar-refractivity contribution < 1.29 is 15.0 Å². The molecule has 0 saturated carbocycles. The van der Waals surface area contributed by atoms with Crippen LogP contribution in [0.3, 0.4) is 0 Å². The van der Waals surface area contributed by atoms with Crippen molar-refractivity contribution in [3.63, 3.8) is 0 Å². The van der Waals surface area contributed by atoms with E-state index >= 15 is 0 Å². The van der Waals surface area contributed by atoms with E-state index in [9.17, 15) is 9.90 Å². The van der Waals surface area contributed by atoms with Gasteiger partial charge in [0.1, 0.15) is 6.10 Å². The fourth-order valence-electron chi connectivity index (χ4n) is 1.33. The number of carboxylic acid groups (broad SMARTS) is 1. The Hall–Kier alpha value is -0.690. The first-order chi connectivity index (χ1) is 7.61. The second-order valence-corrected chi connectivity index (χ2v) is 5.79. The Bertz CT molecular complexity index is 518. The number of aliphatic hydroxyl groups excluding tert-OH is 1. The molecule has 2 rings (SSSR count). The maximum atomic E-state index is 10.9. The Kier molecular flexibility index (Phi) is 3.44. The van der Waals surface area contributed by atoms with Crippen molar-refractivity contribution in [3.8, 4) is 0 Å². The quantitative estimate of drug-likeness (QED) is 0.912. The molecular formula is C10H7BrO3S2. The van der Waals surface area contributed by atoms with Gasteiger partial charge in [-0.15, -0.1) is 22.7 Å². The van der Waals surface area contributed by atoms with Crippen LogP contribution in [0.1, 0.15) is 26.2 Å². The summed E-state index contributed by atoms with van der Waals surface area (Å²) in [5.41, 5.74) is 0.165. The molecule has 6 heteroatoms. The van der Waals surface area contributed by atoms with Gasteiger partial charge >= 0.3 is 5.97 Å². The van der Waals surface area contributed by atoms with Crippen LogP contribution in [0, 0.1) is 0 Å². The fourth-order valence-corrected chi connectivity index (χ4v) is 3.87. The summed E-state index contributed by atoms with van der Waals surface area (Å²) in [5.74, 6) is -1.01. The molecule has 2 aromatic rings. The molecule has 1 atom stereocenters. The van der Waals surface area contributed by atoms with Gasteiger partial charge in [0.25, 0.3) is 0 Å². The molecule has 0 aliphatic carbocycles. The molecule has 0 bridgehead atoms. The normalized spacial score (nSPS) is 12.6. The molecule has 0 aliphatic heterocycles. The van der Waals surface area contributed by atoms with Crippen LogP contribution in [-0.2, 0) is 0 Å². The van der Waals surface area contributed by atoms with Crippen LogP contribution in [0.2, 0.25) is 0 Å². The molecule has 0 aliphatic rings. The summed E-state index contributed by atoms with van der Waals surface area (Å²) in [6.07, 6.45) is -0.875.